The van der Waals surface area contributed by atoms with Crippen LogP contribution in [0.15, 0.2) is 45.9 Å². The van der Waals surface area contributed by atoms with Crippen LogP contribution in [-0.4, -0.2) is 11.7 Å². The zero-order valence-corrected chi connectivity index (χ0v) is 10.8. The summed E-state index contributed by atoms with van der Waals surface area (Å²) in [6.45, 7) is 1.88. The lowest BCUT2D eigenvalue weighted by molar-refractivity contribution is -0.113. The number of aryl methyl sites for hydroxylation is 1. The van der Waals surface area contributed by atoms with E-state index in [-0.39, 0.29) is 5.91 Å². The molecular weight excluding hydrogens is 248 g/mol. The first-order valence-electron chi connectivity index (χ1n) is 5.47. The van der Waals surface area contributed by atoms with E-state index >= 15 is 0 Å². The molecule has 1 heterocycles. The molecule has 0 saturated heterocycles. The van der Waals surface area contributed by atoms with Gasteiger partial charge < -0.3 is 15.5 Å². The summed E-state index contributed by atoms with van der Waals surface area (Å²) >= 11 is 1.45. The van der Waals surface area contributed by atoms with Gasteiger partial charge in [0.15, 0.2) is 0 Å². The SMILES string of the molecule is Cc1occc1SCC(=O)Nc1ccc(N)cc1. The van der Waals surface area contributed by atoms with Gasteiger partial charge in [0.05, 0.1) is 12.0 Å². The summed E-state index contributed by atoms with van der Waals surface area (Å²) < 4.78 is 5.16. The fraction of sp³-hybridized carbons (Fsp3) is 0.154. The highest BCUT2D eigenvalue weighted by atomic mass is 32.2. The monoisotopic (exact) mass is 262 g/mol. The van der Waals surface area contributed by atoms with Crippen molar-refractivity contribution in [2.75, 3.05) is 16.8 Å². The number of hydrogen-bond acceptors (Lipinski definition) is 4. The van der Waals surface area contributed by atoms with E-state index in [1.807, 2.05) is 13.0 Å². The maximum atomic E-state index is 11.7. The van der Waals surface area contributed by atoms with Crippen molar-refractivity contribution in [3.05, 3.63) is 42.4 Å². The van der Waals surface area contributed by atoms with Gasteiger partial charge in [-0.15, -0.1) is 11.8 Å². The molecule has 0 unspecified atom stereocenters. The van der Waals surface area contributed by atoms with Crippen LogP contribution in [0.5, 0.6) is 0 Å². The molecule has 1 amide bonds. The molecule has 0 saturated carbocycles. The second-order valence-corrected chi connectivity index (χ2v) is 4.82. The molecule has 4 nitrogen and oxygen atoms in total. The first kappa shape index (κ1) is 12.6. The van der Waals surface area contributed by atoms with Gasteiger partial charge in [-0.1, -0.05) is 0 Å². The third-order valence-electron chi connectivity index (χ3n) is 2.36. The van der Waals surface area contributed by atoms with E-state index in [2.05, 4.69) is 5.32 Å². The minimum absolute atomic E-state index is 0.0506. The molecule has 2 rings (SSSR count). The lowest BCUT2D eigenvalue weighted by Gasteiger charge is -2.05. The number of nitrogens with one attached hydrogen (secondary N) is 1. The van der Waals surface area contributed by atoms with Crippen LogP contribution in [0.2, 0.25) is 0 Å². The van der Waals surface area contributed by atoms with Crippen molar-refractivity contribution >= 4 is 29.0 Å². The molecule has 1 aromatic carbocycles. The molecule has 0 radical (unpaired) electrons. The van der Waals surface area contributed by atoms with Gasteiger partial charge in [-0.2, -0.15) is 0 Å². The van der Waals surface area contributed by atoms with Gasteiger partial charge in [-0.3, -0.25) is 4.79 Å². The van der Waals surface area contributed by atoms with Gasteiger partial charge in [0.1, 0.15) is 5.76 Å². The number of carbonyl (C=O) groups excluding carboxylic acids is 1. The maximum Gasteiger partial charge on any atom is 0.234 e. The highest BCUT2D eigenvalue weighted by Gasteiger charge is 2.06. The largest absolute Gasteiger partial charge is 0.468 e. The van der Waals surface area contributed by atoms with Gasteiger partial charge in [0, 0.05) is 16.3 Å². The minimum Gasteiger partial charge on any atom is -0.468 e. The number of anilines is 2. The summed E-state index contributed by atoms with van der Waals surface area (Å²) in [6.07, 6.45) is 1.62. The predicted octanol–water partition coefficient (Wildman–Crippen LogP) is 2.90. The van der Waals surface area contributed by atoms with Crippen LogP contribution >= 0.6 is 11.8 Å². The summed E-state index contributed by atoms with van der Waals surface area (Å²) in [5, 5.41) is 2.81. The number of nitrogens with two attached hydrogens (primary N) is 1. The Labute approximate surface area is 110 Å². The molecule has 2 aromatic rings. The van der Waals surface area contributed by atoms with Crippen molar-refractivity contribution in [3.63, 3.8) is 0 Å². The molecule has 0 aliphatic rings. The van der Waals surface area contributed by atoms with Gasteiger partial charge >= 0.3 is 0 Å². The molecule has 1 aromatic heterocycles. The molecular formula is C13H14N2O2S. The predicted molar refractivity (Wildman–Crippen MR) is 73.7 cm³/mol. The zero-order valence-electron chi connectivity index (χ0n) is 9.97. The van der Waals surface area contributed by atoms with Gasteiger partial charge in [0.2, 0.25) is 5.91 Å². The Morgan fingerprint density at radius 3 is 2.67 bits per heavy atom. The molecule has 5 heteroatoms. The number of nitrogen functional groups attached to an aromatic ring is 1. The second-order valence-electron chi connectivity index (χ2n) is 3.80. The Kier molecular flexibility index (Phi) is 3.94. The maximum absolute atomic E-state index is 11.7. The van der Waals surface area contributed by atoms with E-state index in [0.717, 1.165) is 16.3 Å². The van der Waals surface area contributed by atoms with Crippen LogP contribution in [0.1, 0.15) is 5.76 Å². The van der Waals surface area contributed by atoms with Crippen LogP contribution in [0.4, 0.5) is 11.4 Å². The van der Waals surface area contributed by atoms with Crippen molar-refractivity contribution in [2.24, 2.45) is 0 Å². The molecule has 0 spiro atoms. The fourth-order valence-corrected chi connectivity index (χ4v) is 2.19. The highest BCUT2D eigenvalue weighted by molar-refractivity contribution is 8.00. The summed E-state index contributed by atoms with van der Waals surface area (Å²) in [6, 6.07) is 8.92. The Balaban J connectivity index is 1.86. The topological polar surface area (TPSA) is 68.3 Å². The zero-order chi connectivity index (χ0) is 13.0. The smallest absolute Gasteiger partial charge is 0.234 e. The Bertz CT molecular complexity index is 534. The molecule has 0 aliphatic carbocycles. The summed E-state index contributed by atoms with van der Waals surface area (Å²) in [4.78, 5) is 12.7. The van der Waals surface area contributed by atoms with Gasteiger partial charge in [0.25, 0.3) is 0 Å². The Hall–Kier alpha value is -1.88. The van der Waals surface area contributed by atoms with Crippen molar-refractivity contribution in [2.45, 2.75) is 11.8 Å². The number of carbonyl (C=O) groups is 1. The van der Waals surface area contributed by atoms with Crippen molar-refractivity contribution in [1.29, 1.82) is 0 Å². The van der Waals surface area contributed by atoms with E-state index in [9.17, 15) is 4.79 Å². The quantitative estimate of drug-likeness (QED) is 0.656. The molecule has 3 N–H and O–H groups in total. The normalized spacial score (nSPS) is 10.3. The van der Waals surface area contributed by atoms with Crippen LogP contribution in [0, 0.1) is 6.92 Å². The number of hydrogen-bond donors (Lipinski definition) is 2. The number of amides is 1. The summed E-state index contributed by atoms with van der Waals surface area (Å²) in [5.74, 6) is 1.13. The fourth-order valence-electron chi connectivity index (χ4n) is 1.43. The van der Waals surface area contributed by atoms with Crippen LogP contribution < -0.4 is 11.1 Å². The molecule has 18 heavy (non-hydrogen) atoms. The minimum atomic E-state index is -0.0506. The molecule has 0 atom stereocenters. The van der Waals surface area contributed by atoms with Crippen molar-refractivity contribution in [3.8, 4) is 0 Å². The average Bonchev–Trinajstić information content (AvgIpc) is 2.75. The lowest BCUT2D eigenvalue weighted by Crippen LogP contribution is -2.13. The first-order chi connectivity index (χ1) is 8.65. The molecule has 94 valence electrons. The number of benzene rings is 1. The van der Waals surface area contributed by atoms with E-state index in [1.165, 1.54) is 11.8 Å². The standard InChI is InChI=1S/C13H14N2O2S/c1-9-12(6-7-17-9)18-8-13(16)15-11-4-2-10(14)3-5-11/h2-7H,8,14H2,1H3,(H,15,16). The van der Waals surface area contributed by atoms with E-state index < -0.39 is 0 Å². The third-order valence-corrected chi connectivity index (χ3v) is 3.51. The number of rotatable bonds is 4. The van der Waals surface area contributed by atoms with Gasteiger partial charge in [-0.05, 0) is 37.3 Å². The second kappa shape index (κ2) is 5.64. The van der Waals surface area contributed by atoms with Crippen LogP contribution in [-0.2, 0) is 4.79 Å². The highest BCUT2D eigenvalue weighted by Crippen LogP contribution is 2.23. The first-order valence-corrected chi connectivity index (χ1v) is 6.46. The van der Waals surface area contributed by atoms with Crippen molar-refractivity contribution in [1.82, 2.24) is 0 Å². The number of furan rings is 1. The summed E-state index contributed by atoms with van der Waals surface area (Å²) in [5.41, 5.74) is 7.00. The third kappa shape index (κ3) is 3.30. The molecule has 0 fully saturated rings. The van der Waals surface area contributed by atoms with Gasteiger partial charge in [-0.25, -0.2) is 0 Å². The average molecular weight is 262 g/mol. The molecule has 0 bridgehead atoms. The Morgan fingerprint density at radius 1 is 1.33 bits per heavy atom. The number of thioether (sulfide) groups is 1. The molecule has 0 aliphatic heterocycles. The van der Waals surface area contributed by atoms with E-state index in [0.29, 0.717) is 11.4 Å². The van der Waals surface area contributed by atoms with Crippen LogP contribution in [0.3, 0.4) is 0 Å². The van der Waals surface area contributed by atoms with E-state index in [1.54, 1.807) is 30.5 Å². The summed E-state index contributed by atoms with van der Waals surface area (Å²) in [7, 11) is 0. The van der Waals surface area contributed by atoms with Crippen molar-refractivity contribution < 1.29 is 9.21 Å². The Morgan fingerprint density at radius 2 is 2.06 bits per heavy atom. The lowest BCUT2D eigenvalue weighted by atomic mass is 10.3. The van der Waals surface area contributed by atoms with Crippen LogP contribution in [0.25, 0.3) is 0 Å². The van der Waals surface area contributed by atoms with E-state index in [4.69, 9.17) is 10.2 Å².